The molecular weight excluding hydrogens is 448 g/mol. The zero-order valence-corrected chi connectivity index (χ0v) is 20.1. The van der Waals surface area contributed by atoms with Crippen molar-refractivity contribution in [3.8, 4) is 22.5 Å². The molecule has 4 aromatic rings. The number of Topliss-reactive ketones (excluding diaryl/α,β-unsaturated/α-hetero) is 1. The van der Waals surface area contributed by atoms with E-state index in [9.17, 15) is 9.59 Å². The maximum atomic E-state index is 13.1. The maximum absolute atomic E-state index is 13.1. The first-order valence-corrected chi connectivity index (χ1v) is 12.1. The van der Waals surface area contributed by atoms with Crippen LogP contribution in [0.15, 0.2) is 65.6 Å². The summed E-state index contributed by atoms with van der Waals surface area (Å²) in [5, 5.41) is 0.652. The Labute approximate surface area is 204 Å². The summed E-state index contributed by atoms with van der Waals surface area (Å²) in [6.45, 7) is 3.40. The molecule has 6 nitrogen and oxygen atoms in total. The van der Waals surface area contributed by atoms with Crippen molar-refractivity contribution in [2.24, 2.45) is 5.73 Å². The summed E-state index contributed by atoms with van der Waals surface area (Å²) in [4.78, 5) is 30.3. The fraction of sp³-hybridized carbons (Fsp3) is 0.296. The highest BCUT2D eigenvalue weighted by Crippen LogP contribution is 2.25. The second kappa shape index (κ2) is 10.8. The normalized spacial score (nSPS) is 11.3. The Morgan fingerprint density at radius 2 is 1.71 bits per heavy atom. The van der Waals surface area contributed by atoms with Crippen molar-refractivity contribution in [2.45, 2.75) is 45.6 Å². The van der Waals surface area contributed by atoms with E-state index in [1.165, 1.54) is 0 Å². The Morgan fingerprint density at radius 1 is 1.00 bits per heavy atom. The molecule has 0 aliphatic carbocycles. The van der Waals surface area contributed by atoms with E-state index in [1.54, 1.807) is 16.7 Å². The molecule has 0 amide bonds. The monoisotopic (exact) mass is 476 g/mol. The van der Waals surface area contributed by atoms with Crippen molar-refractivity contribution in [3.63, 3.8) is 0 Å². The lowest BCUT2D eigenvalue weighted by Gasteiger charge is -2.15. The predicted molar refractivity (Wildman–Crippen MR) is 137 cm³/mol. The molecule has 34 heavy (non-hydrogen) atoms. The van der Waals surface area contributed by atoms with Gasteiger partial charge in [0.2, 0.25) is 5.78 Å². The van der Waals surface area contributed by atoms with Gasteiger partial charge < -0.3 is 10.3 Å². The van der Waals surface area contributed by atoms with Gasteiger partial charge in [-0.05, 0) is 37.1 Å². The van der Waals surface area contributed by atoms with Gasteiger partial charge in [-0.25, -0.2) is 4.98 Å². The molecule has 0 spiro atoms. The van der Waals surface area contributed by atoms with Gasteiger partial charge in [-0.1, -0.05) is 67.8 Å². The Hall–Kier alpha value is -3.22. The highest BCUT2D eigenvalue weighted by Gasteiger charge is 2.15. The van der Waals surface area contributed by atoms with E-state index in [2.05, 4.69) is 11.5 Å². The molecule has 0 fully saturated rings. The topological polar surface area (TPSA) is 82.4 Å². The van der Waals surface area contributed by atoms with E-state index < -0.39 is 0 Å². The molecule has 2 heterocycles. The summed E-state index contributed by atoms with van der Waals surface area (Å²) < 4.78 is 3.70. The number of unbranched alkanes of at least 4 members (excludes halogenated alkanes) is 2. The molecule has 0 atom stereocenters. The van der Waals surface area contributed by atoms with E-state index in [0.29, 0.717) is 35.8 Å². The first-order valence-electron chi connectivity index (χ1n) is 11.7. The number of hydrogen-bond acceptors (Lipinski definition) is 4. The average Bonchev–Trinajstić information content (AvgIpc) is 3.30. The molecule has 0 saturated heterocycles. The van der Waals surface area contributed by atoms with Gasteiger partial charge in [0.25, 0.3) is 5.56 Å². The summed E-state index contributed by atoms with van der Waals surface area (Å²) in [6.07, 6.45) is 6.03. The Bertz CT molecular complexity index is 1340. The number of hydrogen-bond donors (Lipinski definition) is 1. The van der Waals surface area contributed by atoms with Crippen LogP contribution in [0.2, 0.25) is 5.02 Å². The molecular formula is C27H29ClN4O2. The van der Waals surface area contributed by atoms with Crippen LogP contribution in [0.5, 0.6) is 0 Å². The number of nitrogens with two attached hydrogens (primary N) is 1. The molecule has 7 heteroatoms. The number of carbonyl (C=O) groups excluding carboxylic acids is 1. The van der Waals surface area contributed by atoms with Gasteiger partial charge in [-0.3, -0.25) is 14.0 Å². The van der Waals surface area contributed by atoms with Gasteiger partial charge in [0, 0.05) is 41.4 Å². The van der Waals surface area contributed by atoms with Crippen LogP contribution in [0.1, 0.15) is 49.4 Å². The van der Waals surface area contributed by atoms with Crippen LogP contribution in [-0.4, -0.2) is 26.3 Å². The molecule has 0 saturated carbocycles. The Morgan fingerprint density at radius 3 is 2.38 bits per heavy atom. The van der Waals surface area contributed by atoms with Gasteiger partial charge in [0.1, 0.15) is 0 Å². The molecule has 2 aromatic heterocycles. The maximum Gasteiger partial charge on any atom is 0.259 e. The molecule has 0 radical (unpaired) electrons. The predicted octanol–water partition coefficient (Wildman–Crippen LogP) is 5.60. The molecule has 0 unspecified atom stereocenters. The second-order valence-corrected chi connectivity index (χ2v) is 8.86. The average molecular weight is 477 g/mol. The number of aryl methyl sites for hydroxylation is 1. The minimum Gasteiger partial charge on any atom is -0.330 e. The number of carbonyl (C=O) groups is 1. The molecule has 176 valence electrons. The van der Waals surface area contributed by atoms with Crippen molar-refractivity contribution in [3.05, 3.63) is 81.7 Å². The molecule has 2 aromatic carbocycles. The SMILES string of the molecule is CCCCCn1c(-c2ccc(C(=O)CCCN)cc2)cc(=O)n2cc(-c3ccc(Cl)cc3)nc12. The zero-order valence-electron chi connectivity index (χ0n) is 19.3. The summed E-state index contributed by atoms with van der Waals surface area (Å²) in [5.41, 5.74) is 9.33. The third kappa shape index (κ3) is 5.13. The first-order chi connectivity index (χ1) is 16.5. The van der Waals surface area contributed by atoms with Crippen LogP contribution in [0.3, 0.4) is 0 Å². The third-order valence-corrected chi connectivity index (χ3v) is 6.20. The highest BCUT2D eigenvalue weighted by molar-refractivity contribution is 6.30. The molecule has 0 aliphatic heterocycles. The molecule has 0 bridgehead atoms. The standard InChI is InChI=1S/C27H29ClN4O2/c1-2-3-4-16-31-24(20-7-9-21(10-8-20)25(33)6-5-15-29)17-26(34)32-18-23(30-27(31)32)19-11-13-22(28)14-12-19/h7-14,17-18H,2-6,15-16,29H2,1H3. The van der Waals surface area contributed by atoms with Crippen LogP contribution in [-0.2, 0) is 6.54 Å². The number of ketones is 1. The van der Waals surface area contributed by atoms with Crippen molar-refractivity contribution in [2.75, 3.05) is 6.54 Å². The lowest BCUT2D eigenvalue weighted by atomic mass is 10.0. The van der Waals surface area contributed by atoms with Crippen LogP contribution < -0.4 is 11.3 Å². The number of nitrogens with zero attached hydrogens (tertiary/aromatic N) is 3. The van der Waals surface area contributed by atoms with Gasteiger partial charge in [0.05, 0.1) is 11.4 Å². The van der Waals surface area contributed by atoms with Crippen molar-refractivity contribution < 1.29 is 4.79 Å². The van der Waals surface area contributed by atoms with Crippen molar-refractivity contribution in [1.82, 2.24) is 14.0 Å². The van der Waals surface area contributed by atoms with Gasteiger partial charge in [-0.2, -0.15) is 0 Å². The van der Waals surface area contributed by atoms with E-state index in [-0.39, 0.29) is 11.3 Å². The van der Waals surface area contributed by atoms with Gasteiger partial charge in [-0.15, -0.1) is 0 Å². The Balaban J connectivity index is 1.79. The number of fused-ring (bicyclic) bond motifs is 1. The fourth-order valence-corrected chi connectivity index (χ4v) is 4.19. The third-order valence-electron chi connectivity index (χ3n) is 5.95. The van der Waals surface area contributed by atoms with E-state index in [1.807, 2.05) is 48.5 Å². The number of benzene rings is 2. The largest absolute Gasteiger partial charge is 0.330 e. The first kappa shape index (κ1) is 23.9. The number of rotatable bonds is 10. The fourth-order valence-electron chi connectivity index (χ4n) is 4.07. The molecule has 2 N–H and O–H groups in total. The minimum atomic E-state index is -0.146. The van der Waals surface area contributed by atoms with Crippen molar-refractivity contribution >= 4 is 23.2 Å². The summed E-state index contributed by atoms with van der Waals surface area (Å²) in [6, 6.07) is 16.5. The highest BCUT2D eigenvalue weighted by atomic mass is 35.5. The summed E-state index contributed by atoms with van der Waals surface area (Å²) >= 11 is 6.04. The summed E-state index contributed by atoms with van der Waals surface area (Å²) in [7, 11) is 0. The smallest absolute Gasteiger partial charge is 0.259 e. The van der Waals surface area contributed by atoms with E-state index >= 15 is 0 Å². The van der Waals surface area contributed by atoms with Crippen LogP contribution in [0, 0.1) is 0 Å². The second-order valence-electron chi connectivity index (χ2n) is 8.42. The minimum absolute atomic E-state index is 0.0775. The molecule has 0 aliphatic rings. The molecule has 4 rings (SSSR count). The van der Waals surface area contributed by atoms with Gasteiger partial charge in [0.15, 0.2) is 5.78 Å². The zero-order chi connectivity index (χ0) is 24.1. The van der Waals surface area contributed by atoms with Crippen LogP contribution in [0.4, 0.5) is 0 Å². The van der Waals surface area contributed by atoms with Crippen LogP contribution in [0.25, 0.3) is 28.3 Å². The lowest BCUT2D eigenvalue weighted by Crippen LogP contribution is -2.18. The lowest BCUT2D eigenvalue weighted by molar-refractivity contribution is 0.0981. The number of halogens is 1. The quantitative estimate of drug-likeness (QED) is 0.239. The van der Waals surface area contributed by atoms with E-state index in [4.69, 9.17) is 22.3 Å². The van der Waals surface area contributed by atoms with Crippen LogP contribution >= 0.6 is 11.6 Å². The Kier molecular flexibility index (Phi) is 7.60. The summed E-state index contributed by atoms with van der Waals surface area (Å²) in [5.74, 6) is 0.681. The number of aromatic nitrogens is 3. The number of imidazole rings is 1. The van der Waals surface area contributed by atoms with Crippen molar-refractivity contribution in [1.29, 1.82) is 0 Å². The van der Waals surface area contributed by atoms with Gasteiger partial charge >= 0.3 is 0 Å². The van der Waals surface area contributed by atoms with E-state index in [0.717, 1.165) is 48.3 Å².